The SMILES string of the molecule is CCC(NC(=O)C(CNC(=O)OCC1c2ccccc2-c2ccccc21)C(C)C)C(=O)O. The lowest BCUT2D eigenvalue weighted by Crippen LogP contribution is -2.47. The fourth-order valence-corrected chi connectivity index (χ4v) is 4.09. The molecule has 7 nitrogen and oxygen atoms in total. The van der Waals surface area contributed by atoms with Crippen LogP contribution in [0.25, 0.3) is 11.1 Å². The number of ether oxygens (including phenoxy) is 1. The number of hydrogen-bond acceptors (Lipinski definition) is 4. The Morgan fingerprint density at radius 2 is 1.56 bits per heavy atom. The van der Waals surface area contributed by atoms with Crippen molar-refractivity contribution < 1.29 is 24.2 Å². The van der Waals surface area contributed by atoms with E-state index >= 15 is 0 Å². The van der Waals surface area contributed by atoms with E-state index in [-0.39, 0.29) is 31.4 Å². The van der Waals surface area contributed by atoms with Crippen LogP contribution >= 0.6 is 0 Å². The van der Waals surface area contributed by atoms with Crippen LogP contribution in [0.4, 0.5) is 4.79 Å². The summed E-state index contributed by atoms with van der Waals surface area (Å²) in [6, 6.07) is 15.2. The fourth-order valence-electron chi connectivity index (χ4n) is 4.09. The zero-order valence-corrected chi connectivity index (χ0v) is 18.6. The number of hydrogen-bond donors (Lipinski definition) is 3. The number of carboxylic acid groups (broad SMARTS) is 1. The first kappa shape index (κ1) is 23.3. The molecule has 1 aliphatic rings. The van der Waals surface area contributed by atoms with E-state index < -0.39 is 29.9 Å². The number of carboxylic acids is 1. The summed E-state index contributed by atoms with van der Waals surface area (Å²) in [6.07, 6.45) is -0.318. The molecule has 0 spiro atoms. The van der Waals surface area contributed by atoms with Gasteiger partial charge in [-0.2, -0.15) is 0 Å². The van der Waals surface area contributed by atoms with E-state index in [2.05, 4.69) is 22.8 Å². The molecule has 2 aromatic carbocycles. The number of carbonyl (C=O) groups excluding carboxylic acids is 2. The van der Waals surface area contributed by atoms with Crippen molar-refractivity contribution in [2.75, 3.05) is 13.2 Å². The largest absolute Gasteiger partial charge is 0.480 e. The molecule has 0 fully saturated rings. The number of aliphatic carboxylic acids is 1. The van der Waals surface area contributed by atoms with Gasteiger partial charge >= 0.3 is 12.1 Å². The van der Waals surface area contributed by atoms with E-state index in [1.165, 1.54) is 0 Å². The molecule has 2 amide bonds. The van der Waals surface area contributed by atoms with E-state index in [4.69, 9.17) is 9.84 Å². The summed E-state index contributed by atoms with van der Waals surface area (Å²) >= 11 is 0. The molecule has 0 saturated heterocycles. The average molecular weight is 439 g/mol. The molecule has 7 heteroatoms. The Hall–Kier alpha value is -3.35. The molecule has 2 unspecified atom stereocenters. The Balaban J connectivity index is 1.59. The van der Waals surface area contributed by atoms with Crippen molar-refractivity contribution in [1.29, 1.82) is 0 Å². The van der Waals surface area contributed by atoms with Gasteiger partial charge in [0.1, 0.15) is 12.6 Å². The molecule has 0 aliphatic heterocycles. The molecular formula is C25H30N2O5. The number of rotatable bonds is 9. The lowest BCUT2D eigenvalue weighted by molar-refractivity contribution is -0.142. The van der Waals surface area contributed by atoms with Crippen LogP contribution in [0.2, 0.25) is 0 Å². The van der Waals surface area contributed by atoms with Gasteiger partial charge in [-0.25, -0.2) is 9.59 Å². The van der Waals surface area contributed by atoms with E-state index in [9.17, 15) is 14.4 Å². The Morgan fingerprint density at radius 1 is 1.00 bits per heavy atom. The topological polar surface area (TPSA) is 105 Å². The third-order valence-electron chi connectivity index (χ3n) is 5.97. The summed E-state index contributed by atoms with van der Waals surface area (Å²) < 4.78 is 5.51. The first-order valence-electron chi connectivity index (χ1n) is 11.0. The monoisotopic (exact) mass is 438 g/mol. The number of carbonyl (C=O) groups is 3. The highest BCUT2D eigenvalue weighted by Crippen LogP contribution is 2.44. The minimum atomic E-state index is -1.08. The summed E-state index contributed by atoms with van der Waals surface area (Å²) in [5.74, 6) is -2.17. The molecule has 3 rings (SSSR count). The molecule has 0 heterocycles. The quantitative estimate of drug-likeness (QED) is 0.553. The summed E-state index contributed by atoms with van der Waals surface area (Å²) in [5, 5.41) is 14.4. The van der Waals surface area contributed by atoms with E-state index in [1.807, 2.05) is 50.2 Å². The number of nitrogens with one attached hydrogen (secondary N) is 2. The second-order valence-corrected chi connectivity index (χ2v) is 8.36. The maximum Gasteiger partial charge on any atom is 0.407 e. The highest BCUT2D eigenvalue weighted by molar-refractivity contribution is 5.85. The first-order chi connectivity index (χ1) is 15.3. The van der Waals surface area contributed by atoms with Gasteiger partial charge in [-0.05, 0) is 34.6 Å². The number of alkyl carbamates (subject to hydrolysis) is 1. The fraction of sp³-hybridized carbons (Fsp3) is 0.400. The summed E-state index contributed by atoms with van der Waals surface area (Å²) in [6.45, 7) is 5.65. The van der Waals surface area contributed by atoms with Crippen LogP contribution in [0, 0.1) is 11.8 Å². The van der Waals surface area contributed by atoms with Gasteiger partial charge in [0.25, 0.3) is 0 Å². The van der Waals surface area contributed by atoms with Crippen molar-refractivity contribution in [3.8, 4) is 11.1 Å². The second kappa shape index (κ2) is 10.3. The minimum absolute atomic E-state index is 0.0433. The molecule has 2 atom stereocenters. The second-order valence-electron chi connectivity index (χ2n) is 8.36. The smallest absolute Gasteiger partial charge is 0.407 e. The van der Waals surface area contributed by atoms with Crippen LogP contribution < -0.4 is 10.6 Å². The normalized spacial score (nSPS) is 14.2. The summed E-state index contributed by atoms with van der Waals surface area (Å²) in [7, 11) is 0. The Bertz CT molecular complexity index is 942. The van der Waals surface area contributed by atoms with Crippen LogP contribution in [0.5, 0.6) is 0 Å². The van der Waals surface area contributed by atoms with Gasteiger partial charge in [-0.15, -0.1) is 0 Å². The van der Waals surface area contributed by atoms with Gasteiger partial charge < -0.3 is 20.5 Å². The zero-order valence-electron chi connectivity index (χ0n) is 18.6. The van der Waals surface area contributed by atoms with Crippen LogP contribution in [0.3, 0.4) is 0 Å². The maximum atomic E-state index is 12.5. The number of amides is 2. The third kappa shape index (κ3) is 5.10. The van der Waals surface area contributed by atoms with Crippen molar-refractivity contribution in [2.45, 2.75) is 39.2 Å². The highest BCUT2D eigenvalue weighted by atomic mass is 16.5. The molecule has 0 saturated carbocycles. The van der Waals surface area contributed by atoms with Gasteiger partial charge in [0.15, 0.2) is 0 Å². The van der Waals surface area contributed by atoms with E-state index in [0.29, 0.717) is 0 Å². The molecular weight excluding hydrogens is 408 g/mol. The van der Waals surface area contributed by atoms with Gasteiger partial charge in [0, 0.05) is 12.5 Å². The zero-order chi connectivity index (χ0) is 23.3. The number of fused-ring (bicyclic) bond motifs is 3. The molecule has 3 N–H and O–H groups in total. The van der Waals surface area contributed by atoms with E-state index in [1.54, 1.807) is 6.92 Å². The lowest BCUT2D eigenvalue weighted by Gasteiger charge is -2.23. The van der Waals surface area contributed by atoms with Crippen molar-refractivity contribution in [2.24, 2.45) is 11.8 Å². The molecule has 2 aromatic rings. The van der Waals surface area contributed by atoms with Crippen molar-refractivity contribution in [3.63, 3.8) is 0 Å². The van der Waals surface area contributed by atoms with Crippen LogP contribution in [0.15, 0.2) is 48.5 Å². The lowest BCUT2D eigenvalue weighted by atomic mass is 9.94. The summed E-state index contributed by atoms with van der Waals surface area (Å²) in [4.78, 5) is 36.2. The Morgan fingerprint density at radius 3 is 2.06 bits per heavy atom. The molecule has 0 aromatic heterocycles. The highest BCUT2D eigenvalue weighted by Gasteiger charge is 2.30. The van der Waals surface area contributed by atoms with E-state index in [0.717, 1.165) is 22.3 Å². The van der Waals surface area contributed by atoms with Gasteiger partial charge in [-0.1, -0.05) is 69.3 Å². The van der Waals surface area contributed by atoms with Gasteiger partial charge in [0.2, 0.25) is 5.91 Å². The summed E-state index contributed by atoms with van der Waals surface area (Å²) in [5.41, 5.74) is 4.55. The predicted octanol–water partition coefficient (Wildman–Crippen LogP) is 3.78. The van der Waals surface area contributed by atoms with Crippen molar-refractivity contribution >= 4 is 18.0 Å². The molecule has 0 radical (unpaired) electrons. The van der Waals surface area contributed by atoms with Crippen LogP contribution in [-0.2, 0) is 14.3 Å². The Labute approximate surface area is 188 Å². The van der Waals surface area contributed by atoms with Crippen LogP contribution in [0.1, 0.15) is 44.2 Å². The van der Waals surface area contributed by atoms with Crippen LogP contribution in [-0.4, -0.2) is 42.3 Å². The molecule has 1 aliphatic carbocycles. The molecule has 32 heavy (non-hydrogen) atoms. The predicted molar refractivity (Wildman–Crippen MR) is 121 cm³/mol. The molecule has 0 bridgehead atoms. The third-order valence-corrected chi connectivity index (χ3v) is 5.97. The first-order valence-corrected chi connectivity index (χ1v) is 11.0. The molecule has 170 valence electrons. The van der Waals surface area contributed by atoms with Gasteiger partial charge in [-0.3, -0.25) is 4.79 Å². The van der Waals surface area contributed by atoms with Crippen molar-refractivity contribution in [1.82, 2.24) is 10.6 Å². The average Bonchev–Trinajstić information content (AvgIpc) is 3.09. The standard InChI is InChI=1S/C25H30N2O5/c1-4-22(24(29)30)27-23(28)20(15(2)3)13-26-25(31)32-14-21-18-11-7-5-9-16(18)17-10-6-8-12-19(17)21/h5-12,15,20-22H,4,13-14H2,1-3H3,(H,26,31)(H,27,28)(H,29,30). The maximum absolute atomic E-state index is 12.5. The minimum Gasteiger partial charge on any atom is -0.480 e. The van der Waals surface area contributed by atoms with Gasteiger partial charge in [0.05, 0.1) is 5.92 Å². The number of benzene rings is 2. The van der Waals surface area contributed by atoms with Crippen molar-refractivity contribution in [3.05, 3.63) is 59.7 Å². The Kier molecular flexibility index (Phi) is 7.51.